The molecule has 32 heavy (non-hydrogen) atoms. The number of hydrogen-bond acceptors (Lipinski definition) is 5. The molecule has 0 fully saturated rings. The monoisotopic (exact) mass is 429 g/mol. The maximum Gasteiger partial charge on any atom is 0.341 e. The molecule has 0 spiro atoms. The van der Waals surface area contributed by atoms with Crippen LogP contribution in [0.4, 0.5) is 11.4 Å². The van der Waals surface area contributed by atoms with Gasteiger partial charge in [-0.15, -0.1) is 0 Å². The van der Waals surface area contributed by atoms with Crippen molar-refractivity contribution in [2.24, 2.45) is 0 Å². The van der Waals surface area contributed by atoms with Crippen LogP contribution in [-0.4, -0.2) is 37.1 Å². The molecule has 2 aromatic carbocycles. The van der Waals surface area contributed by atoms with Crippen LogP contribution in [0.15, 0.2) is 66.9 Å². The van der Waals surface area contributed by atoms with E-state index in [4.69, 9.17) is 4.74 Å². The lowest BCUT2D eigenvalue weighted by molar-refractivity contribution is 0.0243. The van der Waals surface area contributed by atoms with Crippen LogP contribution in [0.25, 0.3) is 0 Å². The van der Waals surface area contributed by atoms with Crippen molar-refractivity contribution in [2.75, 3.05) is 36.0 Å². The predicted molar refractivity (Wildman–Crippen MR) is 130 cm³/mol. The van der Waals surface area contributed by atoms with Crippen molar-refractivity contribution in [3.05, 3.63) is 89.2 Å². The third-order valence-electron chi connectivity index (χ3n) is 6.41. The van der Waals surface area contributed by atoms with Gasteiger partial charge in [0, 0.05) is 54.9 Å². The number of anilines is 2. The van der Waals surface area contributed by atoms with Crippen molar-refractivity contribution in [1.82, 2.24) is 4.98 Å². The van der Waals surface area contributed by atoms with Gasteiger partial charge in [-0.25, -0.2) is 4.79 Å². The van der Waals surface area contributed by atoms with Gasteiger partial charge in [0.05, 0.1) is 5.56 Å². The van der Waals surface area contributed by atoms with E-state index in [1.165, 1.54) is 0 Å². The van der Waals surface area contributed by atoms with Crippen molar-refractivity contribution in [3.8, 4) is 0 Å². The van der Waals surface area contributed by atoms with Gasteiger partial charge >= 0.3 is 5.97 Å². The van der Waals surface area contributed by atoms with Gasteiger partial charge in [0.25, 0.3) is 0 Å². The summed E-state index contributed by atoms with van der Waals surface area (Å²) in [6.45, 7) is 12.3. The number of rotatable bonds is 8. The van der Waals surface area contributed by atoms with Crippen LogP contribution in [0.2, 0.25) is 0 Å². The highest BCUT2D eigenvalue weighted by Gasteiger charge is 2.50. The molecule has 5 nitrogen and oxygen atoms in total. The Labute approximate surface area is 190 Å². The number of ether oxygens (including phenoxy) is 1. The first kappa shape index (κ1) is 21.9. The Bertz CT molecular complexity index is 1010. The minimum atomic E-state index is -1.06. The molecule has 166 valence electrons. The van der Waals surface area contributed by atoms with Crippen LogP contribution in [0.3, 0.4) is 0 Å². The van der Waals surface area contributed by atoms with E-state index in [0.29, 0.717) is 11.3 Å². The summed E-state index contributed by atoms with van der Waals surface area (Å²) in [5.74, 6) is -0.339. The van der Waals surface area contributed by atoms with Gasteiger partial charge in [0.2, 0.25) is 5.60 Å². The largest absolute Gasteiger partial charge is 0.439 e. The molecule has 0 saturated carbocycles. The molecule has 3 aromatic rings. The molecule has 0 saturated heterocycles. The van der Waals surface area contributed by atoms with E-state index in [0.717, 1.165) is 48.7 Å². The number of esters is 1. The molecular formula is C27H31N3O2. The Hall–Kier alpha value is -3.34. The standard InChI is InChI=1S/C27H31N3O2/c1-5-29(6-2)22-15-11-20(12-16-22)27(25-24(26(31)32-27)10-9-19-28-25)21-13-17-23(18-14-21)30(7-3)8-4/h9-19H,5-8H2,1-4H3. The molecule has 0 bridgehead atoms. The lowest BCUT2D eigenvalue weighted by atomic mass is 9.82. The molecule has 0 aliphatic carbocycles. The lowest BCUT2D eigenvalue weighted by Gasteiger charge is -2.31. The van der Waals surface area contributed by atoms with Gasteiger partial charge in [-0.1, -0.05) is 24.3 Å². The fourth-order valence-corrected chi connectivity index (χ4v) is 4.64. The molecule has 0 radical (unpaired) electrons. The maximum absolute atomic E-state index is 12.9. The Balaban J connectivity index is 1.86. The third kappa shape index (κ3) is 3.52. The van der Waals surface area contributed by atoms with Gasteiger partial charge in [-0.2, -0.15) is 0 Å². The van der Waals surface area contributed by atoms with E-state index in [-0.39, 0.29) is 5.97 Å². The van der Waals surface area contributed by atoms with Crippen LogP contribution >= 0.6 is 0 Å². The zero-order valence-electron chi connectivity index (χ0n) is 19.3. The van der Waals surface area contributed by atoms with E-state index < -0.39 is 5.60 Å². The summed E-state index contributed by atoms with van der Waals surface area (Å²) in [6, 6.07) is 20.2. The van der Waals surface area contributed by atoms with Crippen molar-refractivity contribution >= 4 is 17.3 Å². The second-order valence-electron chi connectivity index (χ2n) is 7.91. The minimum Gasteiger partial charge on any atom is -0.439 e. The summed E-state index contributed by atoms with van der Waals surface area (Å²) in [5.41, 5.74) is 4.21. The Morgan fingerprint density at radius 1 is 0.750 bits per heavy atom. The number of pyridine rings is 1. The molecular weight excluding hydrogens is 398 g/mol. The molecule has 0 N–H and O–H groups in total. The quantitative estimate of drug-likeness (QED) is 0.459. The zero-order chi connectivity index (χ0) is 22.7. The average molecular weight is 430 g/mol. The highest BCUT2D eigenvalue weighted by Crippen LogP contribution is 2.46. The number of cyclic esters (lactones) is 1. The minimum absolute atomic E-state index is 0.339. The first-order chi connectivity index (χ1) is 15.6. The number of nitrogens with zero attached hydrogens (tertiary/aromatic N) is 3. The molecule has 0 amide bonds. The summed E-state index contributed by atoms with van der Waals surface area (Å²) < 4.78 is 6.17. The third-order valence-corrected chi connectivity index (χ3v) is 6.41. The first-order valence-corrected chi connectivity index (χ1v) is 11.5. The van der Waals surface area contributed by atoms with Gasteiger partial charge in [0.1, 0.15) is 5.69 Å². The summed E-state index contributed by atoms with van der Waals surface area (Å²) in [7, 11) is 0. The number of carbonyl (C=O) groups is 1. The van der Waals surface area contributed by atoms with Crippen LogP contribution in [0, 0.1) is 0 Å². The molecule has 1 aromatic heterocycles. The number of fused-ring (bicyclic) bond motifs is 1. The predicted octanol–water partition coefficient (Wildman–Crippen LogP) is 5.24. The average Bonchev–Trinajstić information content (AvgIpc) is 3.15. The van der Waals surface area contributed by atoms with E-state index in [2.05, 4.69) is 91.0 Å². The smallest absolute Gasteiger partial charge is 0.341 e. The lowest BCUT2D eigenvalue weighted by Crippen LogP contribution is -2.31. The number of hydrogen-bond donors (Lipinski definition) is 0. The fourth-order valence-electron chi connectivity index (χ4n) is 4.64. The molecule has 0 unspecified atom stereocenters. The summed E-state index contributed by atoms with van der Waals surface area (Å²) in [5, 5.41) is 0. The fraction of sp³-hybridized carbons (Fsp3) is 0.333. The highest BCUT2D eigenvalue weighted by atomic mass is 16.6. The molecule has 2 heterocycles. The topological polar surface area (TPSA) is 45.7 Å². The van der Waals surface area contributed by atoms with Crippen molar-refractivity contribution in [3.63, 3.8) is 0 Å². The SMILES string of the molecule is CCN(CC)c1ccc(C2(c3ccc(N(CC)CC)cc3)OC(=O)c3cccnc32)cc1. The van der Waals surface area contributed by atoms with Gasteiger partial charge in [0.15, 0.2) is 0 Å². The Kier molecular flexibility index (Phi) is 6.17. The molecule has 1 aliphatic rings. The second-order valence-corrected chi connectivity index (χ2v) is 7.91. The van der Waals surface area contributed by atoms with Crippen LogP contribution in [0.5, 0.6) is 0 Å². The first-order valence-electron chi connectivity index (χ1n) is 11.5. The maximum atomic E-state index is 12.9. The van der Waals surface area contributed by atoms with Gasteiger partial charge in [-0.05, 0) is 64.1 Å². The Morgan fingerprint density at radius 2 is 1.22 bits per heavy atom. The van der Waals surface area contributed by atoms with Crippen molar-refractivity contribution in [1.29, 1.82) is 0 Å². The van der Waals surface area contributed by atoms with Gasteiger partial charge in [-0.3, -0.25) is 4.98 Å². The van der Waals surface area contributed by atoms with E-state index in [1.54, 1.807) is 18.3 Å². The highest BCUT2D eigenvalue weighted by molar-refractivity contribution is 5.95. The number of aromatic nitrogens is 1. The molecule has 0 atom stereocenters. The van der Waals surface area contributed by atoms with Crippen LogP contribution in [0.1, 0.15) is 54.9 Å². The van der Waals surface area contributed by atoms with E-state index in [1.807, 2.05) is 0 Å². The van der Waals surface area contributed by atoms with Crippen LogP contribution < -0.4 is 9.80 Å². The Morgan fingerprint density at radius 3 is 1.66 bits per heavy atom. The summed E-state index contributed by atoms with van der Waals surface area (Å²) in [6.07, 6.45) is 1.73. The summed E-state index contributed by atoms with van der Waals surface area (Å²) >= 11 is 0. The van der Waals surface area contributed by atoms with Crippen molar-refractivity contribution in [2.45, 2.75) is 33.3 Å². The van der Waals surface area contributed by atoms with E-state index in [9.17, 15) is 4.79 Å². The number of carbonyl (C=O) groups excluding carboxylic acids is 1. The normalized spacial score (nSPS) is 14.1. The summed E-state index contributed by atoms with van der Waals surface area (Å²) in [4.78, 5) is 22.1. The van der Waals surface area contributed by atoms with Crippen LogP contribution in [-0.2, 0) is 10.3 Å². The van der Waals surface area contributed by atoms with Gasteiger partial charge < -0.3 is 14.5 Å². The molecule has 1 aliphatic heterocycles. The molecule has 4 rings (SSSR count). The zero-order valence-corrected chi connectivity index (χ0v) is 19.3. The number of benzene rings is 2. The molecule has 5 heteroatoms. The second kappa shape index (κ2) is 9.03. The van der Waals surface area contributed by atoms with E-state index >= 15 is 0 Å². The van der Waals surface area contributed by atoms with Crippen molar-refractivity contribution < 1.29 is 9.53 Å².